The van der Waals surface area contributed by atoms with Crippen molar-refractivity contribution in [3.63, 3.8) is 0 Å². The Hall–Kier alpha value is -3.43. The lowest BCUT2D eigenvalue weighted by Crippen LogP contribution is -2.13. The number of hydrogen-bond acceptors (Lipinski definition) is 7. The van der Waals surface area contributed by atoms with Gasteiger partial charge in [-0.3, -0.25) is 0 Å². The largest absolute Gasteiger partial charge is 0.496 e. The van der Waals surface area contributed by atoms with Crippen molar-refractivity contribution in [2.45, 2.75) is 0 Å². The SMILES string of the molecule is COc1cc(/C(N)=N/O)ccc1-c1cc(-c2ccc(/C(N)=N/O)cc2)on1.Cl.Cl. The molecule has 0 saturated carbocycles. The predicted molar refractivity (Wildman–Crippen MR) is 113 cm³/mol. The Kier molecular flexibility index (Phi) is 8.31. The number of nitrogens with zero attached hydrogens (tertiary/aromatic N) is 3. The summed E-state index contributed by atoms with van der Waals surface area (Å²) in [5, 5.41) is 27.5. The second kappa shape index (κ2) is 10.2. The number of amidine groups is 2. The molecule has 1 heterocycles. The number of hydrogen-bond donors (Lipinski definition) is 4. The Labute approximate surface area is 178 Å². The second-order valence-corrected chi connectivity index (χ2v) is 5.54. The molecule has 154 valence electrons. The van der Waals surface area contributed by atoms with Crippen molar-refractivity contribution in [3.8, 4) is 28.3 Å². The molecule has 6 N–H and O–H groups in total. The van der Waals surface area contributed by atoms with E-state index in [1.165, 1.54) is 7.11 Å². The van der Waals surface area contributed by atoms with Gasteiger partial charge in [-0.25, -0.2) is 0 Å². The number of nitrogens with two attached hydrogens (primary N) is 2. The van der Waals surface area contributed by atoms with Crippen LogP contribution in [-0.2, 0) is 0 Å². The van der Waals surface area contributed by atoms with E-state index in [9.17, 15) is 0 Å². The van der Waals surface area contributed by atoms with Crippen LogP contribution in [0.4, 0.5) is 0 Å². The Balaban J connectivity index is 0.00000210. The van der Waals surface area contributed by atoms with E-state index in [0.29, 0.717) is 33.9 Å². The molecule has 0 spiro atoms. The van der Waals surface area contributed by atoms with Crippen LogP contribution in [0.1, 0.15) is 11.1 Å². The number of benzene rings is 2. The monoisotopic (exact) mass is 439 g/mol. The topological polar surface area (TPSA) is 152 Å². The summed E-state index contributed by atoms with van der Waals surface area (Å²) in [5.41, 5.74) is 14.3. The summed E-state index contributed by atoms with van der Waals surface area (Å²) in [6.45, 7) is 0. The third kappa shape index (κ3) is 4.89. The molecule has 0 radical (unpaired) electrons. The lowest BCUT2D eigenvalue weighted by molar-refractivity contribution is 0.318. The van der Waals surface area contributed by atoms with E-state index < -0.39 is 0 Å². The first-order valence-corrected chi connectivity index (χ1v) is 7.78. The fourth-order valence-electron chi connectivity index (χ4n) is 2.52. The van der Waals surface area contributed by atoms with Gasteiger partial charge in [0.2, 0.25) is 0 Å². The zero-order chi connectivity index (χ0) is 19.4. The van der Waals surface area contributed by atoms with Gasteiger partial charge in [0.05, 0.1) is 7.11 Å². The van der Waals surface area contributed by atoms with Crippen molar-refractivity contribution < 1.29 is 19.7 Å². The van der Waals surface area contributed by atoms with Crippen molar-refractivity contribution in [2.24, 2.45) is 21.8 Å². The molecule has 11 heteroatoms. The Morgan fingerprint density at radius 3 is 2.10 bits per heavy atom. The number of halogens is 2. The molecule has 0 aliphatic rings. The summed E-state index contributed by atoms with van der Waals surface area (Å²) >= 11 is 0. The van der Waals surface area contributed by atoms with E-state index in [1.807, 2.05) is 0 Å². The van der Waals surface area contributed by atoms with Crippen LogP contribution >= 0.6 is 24.8 Å². The van der Waals surface area contributed by atoms with E-state index in [2.05, 4.69) is 15.5 Å². The summed E-state index contributed by atoms with van der Waals surface area (Å²) < 4.78 is 10.8. The molecule has 0 unspecified atom stereocenters. The smallest absolute Gasteiger partial charge is 0.170 e. The van der Waals surface area contributed by atoms with Crippen LogP contribution in [0.15, 0.2) is 63.4 Å². The van der Waals surface area contributed by atoms with E-state index in [4.69, 9.17) is 31.1 Å². The van der Waals surface area contributed by atoms with Gasteiger partial charge in [0, 0.05) is 28.3 Å². The molecule has 29 heavy (non-hydrogen) atoms. The van der Waals surface area contributed by atoms with Gasteiger partial charge in [0.25, 0.3) is 0 Å². The van der Waals surface area contributed by atoms with Crippen molar-refractivity contribution in [1.29, 1.82) is 0 Å². The summed E-state index contributed by atoms with van der Waals surface area (Å²) in [7, 11) is 1.52. The molecule has 0 aliphatic heterocycles. The molecule has 0 amide bonds. The van der Waals surface area contributed by atoms with Gasteiger partial charge in [0.15, 0.2) is 17.4 Å². The Morgan fingerprint density at radius 1 is 0.931 bits per heavy atom. The van der Waals surface area contributed by atoms with Gasteiger partial charge >= 0.3 is 0 Å². The lowest BCUT2D eigenvalue weighted by atomic mass is 10.0. The van der Waals surface area contributed by atoms with E-state index in [-0.39, 0.29) is 36.5 Å². The molecule has 0 bridgehead atoms. The number of methoxy groups -OCH3 is 1. The Morgan fingerprint density at radius 2 is 1.52 bits per heavy atom. The highest BCUT2D eigenvalue weighted by Crippen LogP contribution is 2.33. The maximum Gasteiger partial charge on any atom is 0.170 e. The fraction of sp³-hybridized carbons (Fsp3) is 0.0556. The van der Waals surface area contributed by atoms with Crippen LogP contribution in [0.5, 0.6) is 5.75 Å². The fourth-order valence-corrected chi connectivity index (χ4v) is 2.52. The number of rotatable bonds is 5. The van der Waals surface area contributed by atoms with E-state index in [1.54, 1.807) is 48.5 Å². The van der Waals surface area contributed by atoms with E-state index in [0.717, 1.165) is 5.56 Å². The number of ether oxygens (including phenoxy) is 1. The van der Waals surface area contributed by atoms with Crippen LogP contribution in [0, 0.1) is 0 Å². The van der Waals surface area contributed by atoms with Crippen molar-refractivity contribution in [3.05, 3.63) is 59.7 Å². The molecule has 0 atom stereocenters. The summed E-state index contributed by atoms with van der Waals surface area (Å²) in [4.78, 5) is 0. The van der Waals surface area contributed by atoms with Crippen molar-refractivity contribution in [1.82, 2.24) is 5.16 Å². The van der Waals surface area contributed by atoms with Crippen LogP contribution < -0.4 is 16.2 Å². The molecule has 0 fully saturated rings. The van der Waals surface area contributed by atoms with Gasteiger partial charge in [-0.2, -0.15) is 0 Å². The normalized spacial score (nSPS) is 11.3. The second-order valence-electron chi connectivity index (χ2n) is 5.54. The maximum absolute atomic E-state index is 8.80. The first-order chi connectivity index (χ1) is 13.1. The molecule has 3 aromatic rings. The molecule has 0 saturated heterocycles. The highest BCUT2D eigenvalue weighted by atomic mass is 35.5. The molecule has 0 aliphatic carbocycles. The van der Waals surface area contributed by atoms with Gasteiger partial charge < -0.3 is 31.1 Å². The summed E-state index contributed by atoms with van der Waals surface area (Å²) in [6.07, 6.45) is 0. The minimum Gasteiger partial charge on any atom is -0.496 e. The first-order valence-electron chi connectivity index (χ1n) is 7.78. The van der Waals surface area contributed by atoms with E-state index >= 15 is 0 Å². The standard InChI is InChI=1S/C18H17N5O4.2ClH/c1-26-16-8-12(18(20)22-25)6-7-13(16)14-9-15(27-23-14)10-2-4-11(5-3-10)17(19)21-24;;/h2-9,24-25H,1H3,(H2,19,21)(H2,20,22);2*1H. The molecule has 3 rings (SSSR count). The maximum atomic E-state index is 8.80. The minimum absolute atomic E-state index is 0. The van der Waals surface area contributed by atoms with Gasteiger partial charge in [0.1, 0.15) is 11.4 Å². The van der Waals surface area contributed by atoms with Gasteiger partial charge in [-0.1, -0.05) is 45.8 Å². The van der Waals surface area contributed by atoms with Gasteiger partial charge in [-0.05, 0) is 12.1 Å². The van der Waals surface area contributed by atoms with Crippen LogP contribution in [0.3, 0.4) is 0 Å². The molecular formula is C18H19Cl2N5O4. The third-order valence-electron chi connectivity index (χ3n) is 3.96. The van der Waals surface area contributed by atoms with Crippen molar-refractivity contribution in [2.75, 3.05) is 7.11 Å². The van der Waals surface area contributed by atoms with Crippen LogP contribution in [0.2, 0.25) is 0 Å². The summed E-state index contributed by atoms with van der Waals surface area (Å²) in [5.74, 6) is 1.04. The highest BCUT2D eigenvalue weighted by Gasteiger charge is 2.14. The highest BCUT2D eigenvalue weighted by molar-refractivity contribution is 5.98. The van der Waals surface area contributed by atoms with Crippen LogP contribution in [0.25, 0.3) is 22.6 Å². The van der Waals surface area contributed by atoms with Gasteiger partial charge in [-0.15, -0.1) is 24.8 Å². The average molecular weight is 440 g/mol. The zero-order valence-corrected chi connectivity index (χ0v) is 16.8. The molecule has 1 aromatic heterocycles. The van der Waals surface area contributed by atoms with Crippen molar-refractivity contribution >= 4 is 36.5 Å². The zero-order valence-electron chi connectivity index (χ0n) is 15.1. The lowest BCUT2D eigenvalue weighted by Gasteiger charge is -2.07. The summed E-state index contributed by atoms with van der Waals surface area (Å²) in [6, 6.07) is 13.8. The number of aromatic nitrogens is 1. The minimum atomic E-state index is -0.0218. The first kappa shape index (κ1) is 23.6. The third-order valence-corrected chi connectivity index (χ3v) is 3.96. The molecular weight excluding hydrogens is 421 g/mol. The van der Waals surface area contributed by atoms with Crippen LogP contribution in [-0.4, -0.2) is 34.4 Å². The molecule has 2 aromatic carbocycles. The average Bonchev–Trinajstić information content (AvgIpc) is 3.22. The molecule has 9 nitrogen and oxygen atoms in total. The quantitative estimate of drug-likeness (QED) is 0.206. The predicted octanol–water partition coefficient (Wildman–Crippen LogP) is 3.05. The number of oxime groups is 2. The Bertz CT molecular complexity index is 1020.